The average Bonchev–Trinajstić information content (AvgIpc) is 2.40. The van der Waals surface area contributed by atoms with Crippen LogP contribution in [0.4, 0.5) is 0 Å². The van der Waals surface area contributed by atoms with Crippen LogP contribution in [-0.4, -0.2) is 42.2 Å². The molecular weight excluding hydrogens is 308 g/mol. The number of carbonyl (C=O) groups is 1. The van der Waals surface area contributed by atoms with E-state index in [0.29, 0.717) is 5.56 Å². The molecule has 0 aliphatic carbocycles. The molecule has 0 saturated heterocycles. The first kappa shape index (κ1) is 16.1. The van der Waals surface area contributed by atoms with Gasteiger partial charge >= 0.3 is 5.97 Å². The van der Waals surface area contributed by atoms with Gasteiger partial charge in [-0.1, -0.05) is 35.8 Å². The van der Waals surface area contributed by atoms with Crippen molar-refractivity contribution in [1.29, 1.82) is 0 Å². The first-order valence-electron chi connectivity index (χ1n) is 6.53. The lowest BCUT2D eigenvalue weighted by atomic mass is 10.1. The van der Waals surface area contributed by atoms with E-state index in [9.17, 15) is 4.79 Å². The van der Waals surface area contributed by atoms with Crippen molar-refractivity contribution in [2.75, 3.05) is 26.2 Å². The number of likely N-dealkylation sites (N-methyl/N-ethyl adjacent to an activating group) is 1. The SMILES string of the molecule is CCN(CC)CCNCc1ccc(C(=O)O)cc1Br. The van der Waals surface area contributed by atoms with Crippen molar-refractivity contribution < 1.29 is 9.90 Å². The van der Waals surface area contributed by atoms with Gasteiger partial charge in [0, 0.05) is 24.1 Å². The van der Waals surface area contributed by atoms with Gasteiger partial charge in [0.15, 0.2) is 0 Å². The summed E-state index contributed by atoms with van der Waals surface area (Å²) in [4.78, 5) is 13.2. The van der Waals surface area contributed by atoms with Gasteiger partial charge in [-0.2, -0.15) is 0 Å². The molecule has 0 aliphatic rings. The maximum atomic E-state index is 10.8. The van der Waals surface area contributed by atoms with E-state index in [0.717, 1.165) is 42.8 Å². The Bertz CT molecular complexity index is 420. The molecule has 0 amide bonds. The molecule has 0 unspecified atom stereocenters. The molecule has 0 heterocycles. The molecule has 0 atom stereocenters. The van der Waals surface area contributed by atoms with Crippen molar-refractivity contribution >= 4 is 21.9 Å². The van der Waals surface area contributed by atoms with Crippen LogP contribution in [0.5, 0.6) is 0 Å². The topological polar surface area (TPSA) is 52.6 Å². The van der Waals surface area contributed by atoms with Crippen molar-refractivity contribution in [3.63, 3.8) is 0 Å². The van der Waals surface area contributed by atoms with Gasteiger partial charge in [-0.05, 0) is 30.8 Å². The molecule has 1 aromatic rings. The number of rotatable bonds is 8. The quantitative estimate of drug-likeness (QED) is 0.720. The highest BCUT2D eigenvalue weighted by Gasteiger charge is 2.06. The molecule has 0 bridgehead atoms. The largest absolute Gasteiger partial charge is 0.478 e. The first-order valence-corrected chi connectivity index (χ1v) is 7.32. The maximum Gasteiger partial charge on any atom is 0.335 e. The number of nitrogens with zero attached hydrogens (tertiary/aromatic N) is 1. The van der Waals surface area contributed by atoms with Crippen LogP contribution in [0, 0.1) is 0 Å². The third-order valence-corrected chi connectivity index (χ3v) is 3.85. The summed E-state index contributed by atoms with van der Waals surface area (Å²) >= 11 is 3.41. The zero-order valence-electron chi connectivity index (χ0n) is 11.4. The van der Waals surface area contributed by atoms with Crippen molar-refractivity contribution in [3.05, 3.63) is 33.8 Å². The van der Waals surface area contributed by atoms with Gasteiger partial charge in [0.1, 0.15) is 0 Å². The second-order valence-electron chi connectivity index (χ2n) is 4.32. The van der Waals surface area contributed by atoms with Crippen LogP contribution in [0.15, 0.2) is 22.7 Å². The van der Waals surface area contributed by atoms with Crippen molar-refractivity contribution in [3.8, 4) is 0 Å². The Kier molecular flexibility index (Phi) is 7.05. The van der Waals surface area contributed by atoms with Gasteiger partial charge in [0.25, 0.3) is 0 Å². The third kappa shape index (κ3) is 5.30. The molecule has 2 N–H and O–H groups in total. The van der Waals surface area contributed by atoms with E-state index in [1.165, 1.54) is 0 Å². The Morgan fingerprint density at radius 2 is 2.05 bits per heavy atom. The normalized spacial score (nSPS) is 10.9. The van der Waals surface area contributed by atoms with Gasteiger partial charge in [-0.25, -0.2) is 4.79 Å². The highest BCUT2D eigenvalue weighted by Crippen LogP contribution is 2.18. The number of halogens is 1. The van der Waals surface area contributed by atoms with Crippen LogP contribution >= 0.6 is 15.9 Å². The van der Waals surface area contributed by atoms with Crippen LogP contribution in [0.25, 0.3) is 0 Å². The first-order chi connectivity index (χ1) is 9.08. The molecule has 0 aromatic heterocycles. The fourth-order valence-corrected chi connectivity index (χ4v) is 2.34. The van der Waals surface area contributed by atoms with E-state index in [1.807, 2.05) is 6.07 Å². The second-order valence-corrected chi connectivity index (χ2v) is 5.17. The van der Waals surface area contributed by atoms with E-state index in [4.69, 9.17) is 5.11 Å². The van der Waals surface area contributed by atoms with Gasteiger partial charge in [-0.15, -0.1) is 0 Å². The Balaban J connectivity index is 2.43. The van der Waals surface area contributed by atoms with E-state index in [2.05, 4.69) is 40.0 Å². The van der Waals surface area contributed by atoms with Gasteiger partial charge in [-0.3, -0.25) is 0 Å². The van der Waals surface area contributed by atoms with E-state index < -0.39 is 5.97 Å². The highest BCUT2D eigenvalue weighted by molar-refractivity contribution is 9.10. The van der Waals surface area contributed by atoms with Crippen LogP contribution < -0.4 is 5.32 Å². The number of hydrogen-bond donors (Lipinski definition) is 2. The molecule has 0 radical (unpaired) electrons. The average molecular weight is 329 g/mol. The molecule has 1 rings (SSSR count). The Labute approximate surface area is 122 Å². The molecule has 1 aromatic carbocycles. The van der Waals surface area contributed by atoms with Crippen molar-refractivity contribution in [2.24, 2.45) is 0 Å². The third-order valence-electron chi connectivity index (χ3n) is 3.11. The lowest BCUT2D eigenvalue weighted by Crippen LogP contribution is -2.31. The van der Waals surface area contributed by atoms with Crippen LogP contribution in [0.3, 0.4) is 0 Å². The minimum atomic E-state index is -0.901. The molecule has 0 spiro atoms. The predicted molar refractivity (Wildman–Crippen MR) is 80.6 cm³/mol. The van der Waals surface area contributed by atoms with Crippen LogP contribution in [-0.2, 0) is 6.54 Å². The van der Waals surface area contributed by atoms with E-state index in [1.54, 1.807) is 12.1 Å². The van der Waals surface area contributed by atoms with Crippen LogP contribution in [0.1, 0.15) is 29.8 Å². The minimum absolute atomic E-state index is 0.304. The van der Waals surface area contributed by atoms with Gasteiger partial charge < -0.3 is 15.3 Å². The number of benzene rings is 1. The number of hydrogen-bond acceptors (Lipinski definition) is 3. The fraction of sp³-hybridized carbons (Fsp3) is 0.500. The molecule has 5 heteroatoms. The summed E-state index contributed by atoms with van der Waals surface area (Å²) in [6.45, 7) is 9.13. The van der Waals surface area contributed by atoms with Gasteiger partial charge in [0.05, 0.1) is 5.56 Å². The predicted octanol–water partition coefficient (Wildman–Crippen LogP) is 2.58. The molecular formula is C14H21BrN2O2. The Morgan fingerprint density at radius 3 is 2.58 bits per heavy atom. The summed E-state index contributed by atoms with van der Waals surface area (Å²) in [5.41, 5.74) is 1.38. The lowest BCUT2D eigenvalue weighted by molar-refractivity contribution is 0.0697. The molecule has 4 nitrogen and oxygen atoms in total. The summed E-state index contributed by atoms with van der Waals surface area (Å²) in [5.74, 6) is -0.901. The number of carboxylic acid groups (broad SMARTS) is 1. The number of nitrogens with one attached hydrogen (secondary N) is 1. The highest BCUT2D eigenvalue weighted by atomic mass is 79.9. The zero-order valence-corrected chi connectivity index (χ0v) is 13.0. The maximum absolute atomic E-state index is 10.8. The monoisotopic (exact) mass is 328 g/mol. The van der Waals surface area contributed by atoms with Crippen LogP contribution in [0.2, 0.25) is 0 Å². The molecule has 0 fully saturated rings. The van der Waals surface area contributed by atoms with Crippen molar-refractivity contribution in [2.45, 2.75) is 20.4 Å². The zero-order chi connectivity index (χ0) is 14.3. The van der Waals surface area contributed by atoms with E-state index >= 15 is 0 Å². The standard InChI is InChI=1S/C14H21BrN2O2/c1-3-17(4-2)8-7-16-10-12-6-5-11(14(18)19)9-13(12)15/h5-6,9,16H,3-4,7-8,10H2,1-2H3,(H,18,19). The van der Waals surface area contributed by atoms with E-state index in [-0.39, 0.29) is 0 Å². The summed E-state index contributed by atoms with van der Waals surface area (Å²) in [6.07, 6.45) is 0. The van der Waals surface area contributed by atoms with Gasteiger partial charge in [0.2, 0.25) is 0 Å². The number of aromatic carboxylic acids is 1. The molecule has 0 saturated carbocycles. The smallest absolute Gasteiger partial charge is 0.335 e. The minimum Gasteiger partial charge on any atom is -0.478 e. The Morgan fingerprint density at radius 1 is 1.37 bits per heavy atom. The summed E-state index contributed by atoms with van der Waals surface area (Å²) in [6, 6.07) is 5.12. The summed E-state index contributed by atoms with van der Waals surface area (Å²) in [7, 11) is 0. The molecule has 19 heavy (non-hydrogen) atoms. The molecule has 106 valence electrons. The molecule has 0 aliphatic heterocycles. The van der Waals surface area contributed by atoms with Crippen molar-refractivity contribution in [1.82, 2.24) is 10.2 Å². The Hall–Kier alpha value is -0.910. The number of carboxylic acids is 1. The summed E-state index contributed by atoms with van der Waals surface area (Å²) < 4.78 is 0.836. The second kappa shape index (κ2) is 8.30. The fourth-order valence-electron chi connectivity index (χ4n) is 1.82. The lowest BCUT2D eigenvalue weighted by Gasteiger charge is -2.18. The summed E-state index contributed by atoms with van der Waals surface area (Å²) in [5, 5.41) is 12.3.